The Kier molecular flexibility index (Phi) is 3.86. The summed E-state index contributed by atoms with van der Waals surface area (Å²) < 4.78 is 10.7. The number of carbonyl (C=O) groups is 2. The highest BCUT2D eigenvalue weighted by atomic mass is 16.6. The molecule has 1 aromatic carbocycles. The third kappa shape index (κ3) is 2.94. The highest BCUT2D eigenvalue weighted by molar-refractivity contribution is 5.87. The molecule has 0 aliphatic carbocycles. The van der Waals surface area contributed by atoms with E-state index in [0.29, 0.717) is 11.5 Å². The average molecular weight is 267 g/mol. The number of benzene rings is 1. The van der Waals surface area contributed by atoms with Crippen molar-refractivity contribution in [2.45, 2.75) is 12.1 Å². The molecule has 0 spiro atoms. The van der Waals surface area contributed by atoms with E-state index in [1.165, 1.54) is 0 Å². The summed E-state index contributed by atoms with van der Waals surface area (Å²) in [5, 5.41) is 19.7. The van der Waals surface area contributed by atoms with Gasteiger partial charge in [0.15, 0.2) is 11.5 Å². The van der Waals surface area contributed by atoms with Gasteiger partial charge in [-0.3, -0.25) is 4.79 Å². The van der Waals surface area contributed by atoms with E-state index in [-0.39, 0.29) is 6.61 Å². The zero-order valence-electron chi connectivity index (χ0n) is 9.91. The molecule has 0 radical (unpaired) electrons. The van der Waals surface area contributed by atoms with Crippen LogP contribution in [-0.2, 0) is 9.59 Å². The molecule has 0 aromatic heterocycles. The number of hydrogen-bond acceptors (Lipinski definition) is 5. The largest absolute Gasteiger partial charge is 0.485 e. The number of ether oxygens (including phenoxy) is 2. The van der Waals surface area contributed by atoms with Crippen molar-refractivity contribution in [1.29, 1.82) is 0 Å². The molecule has 0 saturated carbocycles. The number of para-hydroxylation sites is 2. The number of rotatable bonds is 4. The molecule has 102 valence electrons. The van der Waals surface area contributed by atoms with Crippen LogP contribution in [0.5, 0.6) is 11.5 Å². The van der Waals surface area contributed by atoms with E-state index in [2.05, 4.69) is 5.32 Å². The molecule has 2 atom stereocenters. The summed E-state index contributed by atoms with van der Waals surface area (Å²) in [7, 11) is 0. The zero-order chi connectivity index (χ0) is 13.8. The molecule has 1 aromatic rings. The van der Waals surface area contributed by atoms with Gasteiger partial charge in [0, 0.05) is 0 Å². The second kappa shape index (κ2) is 5.57. The number of carboxylic acid groups (broad SMARTS) is 1. The van der Waals surface area contributed by atoms with Crippen LogP contribution in [-0.4, -0.2) is 47.4 Å². The molecule has 1 amide bonds. The molecular weight excluding hydrogens is 254 g/mol. The number of aliphatic hydroxyl groups excluding tert-OH is 1. The first-order chi connectivity index (χ1) is 9.11. The smallest absolute Gasteiger partial charge is 0.328 e. The Labute approximate surface area is 108 Å². The second-order valence-corrected chi connectivity index (χ2v) is 3.95. The van der Waals surface area contributed by atoms with Gasteiger partial charge in [-0.15, -0.1) is 0 Å². The van der Waals surface area contributed by atoms with E-state index in [9.17, 15) is 9.59 Å². The van der Waals surface area contributed by atoms with Crippen LogP contribution < -0.4 is 14.8 Å². The number of carboxylic acids is 1. The quantitative estimate of drug-likeness (QED) is 0.672. The van der Waals surface area contributed by atoms with Crippen LogP contribution in [0.15, 0.2) is 24.3 Å². The molecule has 1 unspecified atom stereocenters. The average Bonchev–Trinajstić information content (AvgIpc) is 2.43. The summed E-state index contributed by atoms with van der Waals surface area (Å²) in [5.41, 5.74) is 0. The molecule has 7 heteroatoms. The maximum absolute atomic E-state index is 11.8. The zero-order valence-corrected chi connectivity index (χ0v) is 9.91. The Balaban J connectivity index is 2.01. The summed E-state index contributed by atoms with van der Waals surface area (Å²) >= 11 is 0. The van der Waals surface area contributed by atoms with E-state index in [1.54, 1.807) is 24.3 Å². The number of hydrogen-bond donors (Lipinski definition) is 3. The Hall–Kier alpha value is -2.28. The Morgan fingerprint density at radius 3 is 2.68 bits per heavy atom. The lowest BCUT2D eigenvalue weighted by molar-refractivity contribution is -0.144. The summed E-state index contributed by atoms with van der Waals surface area (Å²) in [5.74, 6) is -1.00. The fourth-order valence-electron chi connectivity index (χ4n) is 1.60. The van der Waals surface area contributed by atoms with Gasteiger partial charge in [-0.2, -0.15) is 0 Å². The minimum Gasteiger partial charge on any atom is -0.485 e. The predicted octanol–water partition coefficient (Wildman–Crippen LogP) is -0.612. The third-order valence-electron chi connectivity index (χ3n) is 2.60. The molecule has 0 fully saturated rings. The minimum absolute atomic E-state index is 0.0133. The maximum atomic E-state index is 11.8. The first-order valence-electron chi connectivity index (χ1n) is 5.64. The molecule has 1 aliphatic heterocycles. The van der Waals surface area contributed by atoms with Gasteiger partial charge in [-0.1, -0.05) is 12.1 Å². The van der Waals surface area contributed by atoms with E-state index >= 15 is 0 Å². The molecule has 19 heavy (non-hydrogen) atoms. The van der Waals surface area contributed by atoms with Gasteiger partial charge in [-0.25, -0.2) is 4.79 Å². The van der Waals surface area contributed by atoms with Crippen molar-refractivity contribution < 1.29 is 29.3 Å². The SMILES string of the molecule is O=C(N[C@@H](CO)C(=O)O)C1COc2ccccc2O1. The first kappa shape index (κ1) is 13.2. The number of aliphatic hydroxyl groups is 1. The van der Waals surface area contributed by atoms with Crippen LogP contribution >= 0.6 is 0 Å². The highest BCUT2D eigenvalue weighted by Gasteiger charge is 2.30. The number of aliphatic carboxylic acids is 1. The van der Waals surface area contributed by atoms with Crippen molar-refractivity contribution in [2.24, 2.45) is 0 Å². The molecule has 0 bridgehead atoms. The minimum atomic E-state index is -1.35. The lowest BCUT2D eigenvalue weighted by Gasteiger charge is -2.26. The van der Waals surface area contributed by atoms with Gasteiger partial charge < -0.3 is 25.0 Å². The Bertz CT molecular complexity index is 489. The summed E-state index contributed by atoms with van der Waals surface area (Å²) in [6.07, 6.45) is -0.941. The summed E-state index contributed by atoms with van der Waals surface area (Å²) in [6, 6.07) is 5.51. The van der Waals surface area contributed by atoms with Gasteiger partial charge in [-0.05, 0) is 12.1 Å². The number of fused-ring (bicyclic) bond motifs is 1. The van der Waals surface area contributed by atoms with Crippen molar-refractivity contribution in [3.05, 3.63) is 24.3 Å². The number of nitrogens with one attached hydrogen (secondary N) is 1. The molecular formula is C12H13NO6. The molecule has 2 rings (SSSR count). The van der Waals surface area contributed by atoms with Crippen LogP contribution in [0.1, 0.15) is 0 Å². The molecule has 1 aliphatic rings. The Morgan fingerprint density at radius 2 is 2.05 bits per heavy atom. The molecule has 3 N–H and O–H groups in total. The van der Waals surface area contributed by atoms with Crippen LogP contribution in [0.4, 0.5) is 0 Å². The predicted molar refractivity (Wildman–Crippen MR) is 63.0 cm³/mol. The van der Waals surface area contributed by atoms with Crippen molar-refractivity contribution in [3.8, 4) is 11.5 Å². The molecule has 7 nitrogen and oxygen atoms in total. The van der Waals surface area contributed by atoms with E-state index < -0.39 is 30.6 Å². The molecule has 0 saturated heterocycles. The third-order valence-corrected chi connectivity index (χ3v) is 2.60. The first-order valence-corrected chi connectivity index (χ1v) is 5.64. The second-order valence-electron chi connectivity index (χ2n) is 3.95. The van der Waals surface area contributed by atoms with Gasteiger partial charge in [0.05, 0.1) is 6.61 Å². The van der Waals surface area contributed by atoms with Crippen molar-refractivity contribution in [1.82, 2.24) is 5.32 Å². The van der Waals surface area contributed by atoms with E-state index in [4.69, 9.17) is 19.7 Å². The van der Waals surface area contributed by atoms with Gasteiger partial charge in [0.25, 0.3) is 5.91 Å². The lowest BCUT2D eigenvalue weighted by Crippen LogP contribution is -2.51. The van der Waals surface area contributed by atoms with E-state index in [1.807, 2.05) is 0 Å². The highest BCUT2D eigenvalue weighted by Crippen LogP contribution is 2.30. The lowest BCUT2D eigenvalue weighted by atomic mass is 10.2. The van der Waals surface area contributed by atoms with Crippen molar-refractivity contribution in [2.75, 3.05) is 13.2 Å². The van der Waals surface area contributed by atoms with Crippen LogP contribution in [0.3, 0.4) is 0 Å². The summed E-state index contributed by atoms with van der Waals surface area (Å²) in [4.78, 5) is 22.5. The maximum Gasteiger partial charge on any atom is 0.328 e. The van der Waals surface area contributed by atoms with Crippen molar-refractivity contribution in [3.63, 3.8) is 0 Å². The number of carbonyl (C=O) groups excluding carboxylic acids is 1. The standard InChI is InChI=1S/C12H13NO6/c14-5-7(12(16)17)13-11(15)10-6-18-8-3-1-2-4-9(8)19-10/h1-4,7,10,14H,5-6H2,(H,13,15)(H,16,17)/t7-,10?/m0/s1. The normalized spacial score (nSPS) is 18.5. The van der Waals surface area contributed by atoms with Gasteiger partial charge >= 0.3 is 5.97 Å². The van der Waals surface area contributed by atoms with Crippen LogP contribution in [0.25, 0.3) is 0 Å². The van der Waals surface area contributed by atoms with E-state index in [0.717, 1.165) is 0 Å². The van der Waals surface area contributed by atoms with Crippen LogP contribution in [0.2, 0.25) is 0 Å². The van der Waals surface area contributed by atoms with Crippen molar-refractivity contribution >= 4 is 11.9 Å². The Morgan fingerprint density at radius 1 is 1.37 bits per heavy atom. The molecule has 1 heterocycles. The van der Waals surface area contributed by atoms with Gasteiger partial charge in [0.1, 0.15) is 12.6 Å². The van der Waals surface area contributed by atoms with Crippen LogP contribution in [0, 0.1) is 0 Å². The topological polar surface area (TPSA) is 105 Å². The number of amides is 1. The fourth-order valence-corrected chi connectivity index (χ4v) is 1.60. The monoisotopic (exact) mass is 267 g/mol. The fraction of sp³-hybridized carbons (Fsp3) is 0.333. The van der Waals surface area contributed by atoms with Gasteiger partial charge in [0.2, 0.25) is 6.10 Å². The summed E-state index contributed by atoms with van der Waals surface area (Å²) in [6.45, 7) is -0.703.